The number of thiophene rings is 1. The second kappa shape index (κ2) is 6.83. The molecule has 1 heterocycles. The van der Waals surface area contributed by atoms with Gasteiger partial charge in [0, 0.05) is 17.5 Å². The summed E-state index contributed by atoms with van der Waals surface area (Å²) in [5.74, 6) is -0.829. The van der Waals surface area contributed by atoms with Crippen LogP contribution in [0.4, 0.5) is 0 Å². The van der Waals surface area contributed by atoms with Crippen molar-refractivity contribution in [2.24, 2.45) is 5.92 Å². The number of carboxylic acids is 1. The lowest BCUT2D eigenvalue weighted by Gasteiger charge is -2.07. The van der Waals surface area contributed by atoms with Crippen molar-refractivity contribution in [1.82, 2.24) is 4.72 Å². The number of carbonyl (C=O) groups is 1. The fourth-order valence-electron chi connectivity index (χ4n) is 1.42. The van der Waals surface area contributed by atoms with Gasteiger partial charge in [-0.1, -0.05) is 13.8 Å². The summed E-state index contributed by atoms with van der Waals surface area (Å²) in [7, 11) is -3.25. The molecule has 0 aromatic carbocycles. The lowest BCUT2D eigenvalue weighted by Crippen LogP contribution is -2.27. The Kier molecular flexibility index (Phi) is 5.71. The van der Waals surface area contributed by atoms with Crippen LogP contribution in [0.15, 0.2) is 17.5 Å². The molecule has 0 atom stereocenters. The summed E-state index contributed by atoms with van der Waals surface area (Å²) in [5, 5.41) is 10.3. The number of hydrogen-bond donors (Lipinski definition) is 2. The van der Waals surface area contributed by atoms with Gasteiger partial charge >= 0.3 is 5.97 Å². The molecular weight excluding hydrogens is 286 g/mol. The maximum absolute atomic E-state index is 11.6. The standard InChI is InChI=1S/C12H17NO4S2/c1-9(2)8-19(16,17)13-6-11-5-10(7-18-11)3-4-12(14)15/h3-5,7,9,13H,6,8H2,1-2H3,(H,14,15). The molecule has 1 rings (SSSR count). The second-order valence-electron chi connectivity index (χ2n) is 4.51. The Balaban J connectivity index is 2.57. The van der Waals surface area contributed by atoms with Crippen LogP contribution < -0.4 is 4.72 Å². The molecule has 0 unspecified atom stereocenters. The summed E-state index contributed by atoms with van der Waals surface area (Å²) < 4.78 is 25.8. The molecule has 1 aromatic rings. The number of hydrogen-bond acceptors (Lipinski definition) is 4. The molecule has 1 aromatic heterocycles. The van der Waals surface area contributed by atoms with E-state index in [-0.39, 0.29) is 18.2 Å². The second-order valence-corrected chi connectivity index (χ2v) is 7.36. The number of carboxylic acid groups (broad SMARTS) is 1. The van der Waals surface area contributed by atoms with Crippen LogP contribution in [0.1, 0.15) is 24.3 Å². The van der Waals surface area contributed by atoms with E-state index in [1.165, 1.54) is 17.4 Å². The highest BCUT2D eigenvalue weighted by atomic mass is 32.2. The molecular formula is C12H17NO4S2. The largest absolute Gasteiger partial charge is 0.478 e. The predicted octanol–water partition coefficient (Wildman–Crippen LogP) is 1.92. The van der Waals surface area contributed by atoms with E-state index in [1.807, 2.05) is 13.8 Å². The molecule has 5 nitrogen and oxygen atoms in total. The first-order valence-corrected chi connectivity index (χ1v) is 8.27. The summed E-state index contributed by atoms with van der Waals surface area (Å²) in [4.78, 5) is 11.2. The number of sulfonamides is 1. The van der Waals surface area contributed by atoms with Gasteiger partial charge in [-0.2, -0.15) is 0 Å². The molecule has 19 heavy (non-hydrogen) atoms. The van der Waals surface area contributed by atoms with Gasteiger partial charge in [-0.3, -0.25) is 0 Å². The van der Waals surface area contributed by atoms with Crippen LogP contribution in [0, 0.1) is 5.92 Å². The Bertz CT molecular complexity index is 558. The van der Waals surface area contributed by atoms with Gasteiger partial charge in [0.15, 0.2) is 0 Å². The molecule has 0 aliphatic rings. The zero-order valence-corrected chi connectivity index (χ0v) is 12.4. The minimum atomic E-state index is -3.25. The lowest BCUT2D eigenvalue weighted by molar-refractivity contribution is -0.131. The number of rotatable bonds is 7. The Morgan fingerprint density at radius 1 is 1.53 bits per heavy atom. The highest BCUT2D eigenvalue weighted by Gasteiger charge is 2.12. The summed E-state index contributed by atoms with van der Waals surface area (Å²) in [5.41, 5.74) is 0.755. The molecule has 0 saturated carbocycles. The van der Waals surface area contributed by atoms with Crippen molar-refractivity contribution in [3.63, 3.8) is 0 Å². The van der Waals surface area contributed by atoms with E-state index in [0.717, 1.165) is 16.5 Å². The van der Waals surface area contributed by atoms with Crippen molar-refractivity contribution in [3.05, 3.63) is 28.0 Å². The van der Waals surface area contributed by atoms with Gasteiger partial charge in [-0.15, -0.1) is 11.3 Å². The first-order chi connectivity index (χ1) is 8.78. The minimum absolute atomic E-state index is 0.0786. The molecule has 0 radical (unpaired) electrons. The zero-order chi connectivity index (χ0) is 14.5. The van der Waals surface area contributed by atoms with Crippen LogP contribution in [0.2, 0.25) is 0 Å². The molecule has 0 fully saturated rings. The van der Waals surface area contributed by atoms with Crippen LogP contribution in [0.25, 0.3) is 6.08 Å². The van der Waals surface area contributed by atoms with Crippen molar-refractivity contribution < 1.29 is 18.3 Å². The van der Waals surface area contributed by atoms with Crippen molar-refractivity contribution in [2.75, 3.05) is 5.75 Å². The van der Waals surface area contributed by atoms with E-state index >= 15 is 0 Å². The van der Waals surface area contributed by atoms with Crippen molar-refractivity contribution in [1.29, 1.82) is 0 Å². The molecule has 0 saturated heterocycles. The Morgan fingerprint density at radius 2 is 2.21 bits per heavy atom. The molecule has 0 aliphatic heterocycles. The molecule has 106 valence electrons. The molecule has 0 spiro atoms. The molecule has 2 N–H and O–H groups in total. The Hall–Kier alpha value is -1.18. The van der Waals surface area contributed by atoms with Crippen molar-refractivity contribution in [2.45, 2.75) is 20.4 Å². The molecule has 0 bridgehead atoms. The van der Waals surface area contributed by atoms with Crippen LogP contribution >= 0.6 is 11.3 Å². The summed E-state index contributed by atoms with van der Waals surface area (Å²) in [6, 6.07) is 1.77. The van der Waals surface area contributed by atoms with Crippen molar-refractivity contribution in [3.8, 4) is 0 Å². The molecule has 0 aliphatic carbocycles. The Morgan fingerprint density at radius 3 is 2.79 bits per heavy atom. The van der Waals surface area contributed by atoms with Crippen LogP contribution in [-0.4, -0.2) is 25.2 Å². The normalized spacial score (nSPS) is 12.4. The Labute approximate surface area is 117 Å². The summed E-state index contributed by atoms with van der Waals surface area (Å²) >= 11 is 1.39. The van der Waals surface area contributed by atoms with E-state index < -0.39 is 16.0 Å². The van der Waals surface area contributed by atoms with E-state index in [4.69, 9.17) is 5.11 Å². The summed E-state index contributed by atoms with van der Waals surface area (Å²) in [6.07, 6.45) is 2.53. The fraction of sp³-hybridized carbons (Fsp3) is 0.417. The average Bonchev–Trinajstić information content (AvgIpc) is 2.70. The van der Waals surface area contributed by atoms with Crippen LogP contribution in [0.5, 0.6) is 0 Å². The third-order valence-corrected chi connectivity index (χ3v) is 4.76. The SMILES string of the molecule is CC(C)CS(=O)(=O)NCc1cc(C=CC(=O)O)cs1. The average molecular weight is 303 g/mol. The van der Waals surface area contributed by atoms with Gasteiger partial charge in [0.1, 0.15) is 0 Å². The van der Waals surface area contributed by atoms with Gasteiger partial charge in [0.05, 0.1) is 5.75 Å². The monoisotopic (exact) mass is 303 g/mol. The van der Waals surface area contributed by atoms with Crippen LogP contribution in [0.3, 0.4) is 0 Å². The van der Waals surface area contributed by atoms with Gasteiger partial charge in [-0.05, 0) is 29.0 Å². The van der Waals surface area contributed by atoms with E-state index in [0.29, 0.717) is 0 Å². The predicted molar refractivity (Wildman–Crippen MR) is 76.5 cm³/mol. The first-order valence-electron chi connectivity index (χ1n) is 5.74. The van der Waals surface area contributed by atoms with E-state index in [1.54, 1.807) is 11.4 Å². The van der Waals surface area contributed by atoms with Crippen LogP contribution in [-0.2, 0) is 21.4 Å². The van der Waals surface area contributed by atoms with E-state index in [9.17, 15) is 13.2 Å². The maximum atomic E-state index is 11.6. The number of nitrogens with one attached hydrogen (secondary N) is 1. The maximum Gasteiger partial charge on any atom is 0.328 e. The van der Waals surface area contributed by atoms with Gasteiger partial charge in [0.25, 0.3) is 0 Å². The van der Waals surface area contributed by atoms with Gasteiger partial charge in [0.2, 0.25) is 10.0 Å². The zero-order valence-electron chi connectivity index (χ0n) is 10.8. The smallest absolute Gasteiger partial charge is 0.328 e. The van der Waals surface area contributed by atoms with E-state index in [2.05, 4.69) is 4.72 Å². The first kappa shape index (κ1) is 15.9. The third kappa shape index (κ3) is 6.51. The highest BCUT2D eigenvalue weighted by molar-refractivity contribution is 7.89. The third-order valence-electron chi connectivity index (χ3n) is 2.11. The minimum Gasteiger partial charge on any atom is -0.478 e. The van der Waals surface area contributed by atoms with Gasteiger partial charge in [-0.25, -0.2) is 17.9 Å². The number of aliphatic carboxylic acids is 1. The quantitative estimate of drug-likeness (QED) is 0.754. The summed E-state index contributed by atoms with van der Waals surface area (Å²) in [6.45, 7) is 3.93. The van der Waals surface area contributed by atoms with Crippen molar-refractivity contribution >= 4 is 33.4 Å². The fourth-order valence-corrected chi connectivity index (χ4v) is 3.68. The molecule has 7 heteroatoms. The lowest BCUT2D eigenvalue weighted by atomic mass is 10.3. The topological polar surface area (TPSA) is 83.5 Å². The highest BCUT2D eigenvalue weighted by Crippen LogP contribution is 2.16. The molecule has 0 amide bonds. The van der Waals surface area contributed by atoms with Gasteiger partial charge < -0.3 is 5.11 Å².